The number of fused-ring (bicyclic) bond motifs is 1. The highest BCUT2D eigenvalue weighted by Crippen LogP contribution is 2.32. The van der Waals surface area contributed by atoms with Gasteiger partial charge >= 0.3 is 5.97 Å². The predicted octanol–water partition coefficient (Wildman–Crippen LogP) is 1.88. The molecule has 1 aliphatic rings. The van der Waals surface area contributed by atoms with Crippen molar-refractivity contribution in [2.45, 2.75) is 26.2 Å². The van der Waals surface area contributed by atoms with Crippen LogP contribution >= 0.6 is 0 Å². The van der Waals surface area contributed by atoms with E-state index in [1.54, 1.807) is 24.3 Å². The molecule has 1 aliphatic heterocycles. The van der Waals surface area contributed by atoms with Crippen LogP contribution in [0.5, 0.6) is 0 Å². The van der Waals surface area contributed by atoms with Gasteiger partial charge in [-0.25, -0.2) is 0 Å². The molecule has 0 bridgehead atoms. The lowest BCUT2D eigenvalue weighted by Gasteiger charge is -2.32. The summed E-state index contributed by atoms with van der Waals surface area (Å²) in [6.45, 7) is 4.13. The standard InChI is InChI=1S/C15H17NO4/c1-9(2)8-16-14(19)11-6-4-3-5-10(11)12(15(16)20)7-13(17)18/h3-6,9,12H,7-8H2,1-2H3,(H,17,18). The molecule has 0 radical (unpaired) electrons. The Hall–Kier alpha value is -2.17. The highest BCUT2D eigenvalue weighted by Gasteiger charge is 2.39. The number of hydrogen-bond donors (Lipinski definition) is 1. The zero-order valence-corrected chi connectivity index (χ0v) is 11.5. The lowest BCUT2D eigenvalue weighted by molar-refractivity contribution is -0.141. The van der Waals surface area contributed by atoms with E-state index in [9.17, 15) is 14.4 Å². The fourth-order valence-electron chi connectivity index (χ4n) is 2.47. The van der Waals surface area contributed by atoms with Crippen LogP contribution in [0.4, 0.5) is 0 Å². The first kappa shape index (κ1) is 14.2. The van der Waals surface area contributed by atoms with E-state index in [4.69, 9.17) is 5.11 Å². The summed E-state index contributed by atoms with van der Waals surface area (Å²) in [4.78, 5) is 36.9. The van der Waals surface area contributed by atoms with Crippen molar-refractivity contribution < 1.29 is 19.5 Å². The Labute approximate surface area is 117 Å². The van der Waals surface area contributed by atoms with Gasteiger partial charge in [-0.2, -0.15) is 0 Å². The van der Waals surface area contributed by atoms with Gasteiger partial charge in [0, 0.05) is 12.1 Å². The highest BCUT2D eigenvalue weighted by atomic mass is 16.4. The molecule has 2 rings (SSSR count). The van der Waals surface area contributed by atoms with Crippen LogP contribution in [-0.4, -0.2) is 34.3 Å². The zero-order chi connectivity index (χ0) is 14.9. The quantitative estimate of drug-likeness (QED) is 0.851. The molecule has 1 unspecified atom stereocenters. The molecule has 1 aromatic carbocycles. The number of imide groups is 1. The molecule has 106 valence electrons. The molecular weight excluding hydrogens is 258 g/mol. The van der Waals surface area contributed by atoms with Crippen LogP contribution in [0, 0.1) is 5.92 Å². The molecule has 5 nitrogen and oxygen atoms in total. The van der Waals surface area contributed by atoms with Crippen LogP contribution < -0.4 is 0 Å². The van der Waals surface area contributed by atoms with Gasteiger partial charge in [0.15, 0.2) is 0 Å². The maximum atomic E-state index is 12.4. The average Bonchev–Trinajstić information content (AvgIpc) is 2.39. The summed E-state index contributed by atoms with van der Waals surface area (Å²) < 4.78 is 0. The van der Waals surface area contributed by atoms with Gasteiger partial charge in [-0.15, -0.1) is 0 Å². The molecule has 1 atom stereocenters. The maximum absolute atomic E-state index is 12.4. The lowest BCUT2D eigenvalue weighted by atomic mass is 9.86. The molecular formula is C15H17NO4. The SMILES string of the molecule is CC(C)CN1C(=O)c2ccccc2C(CC(=O)O)C1=O. The van der Waals surface area contributed by atoms with Crippen molar-refractivity contribution in [3.05, 3.63) is 35.4 Å². The van der Waals surface area contributed by atoms with Crippen molar-refractivity contribution in [1.29, 1.82) is 0 Å². The van der Waals surface area contributed by atoms with Crippen molar-refractivity contribution >= 4 is 17.8 Å². The molecule has 0 saturated carbocycles. The number of carboxylic acid groups (broad SMARTS) is 1. The molecule has 1 N–H and O–H groups in total. The Bertz CT molecular complexity index is 565. The number of carbonyl (C=O) groups is 3. The van der Waals surface area contributed by atoms with Gasteiger partial charge in [0.25, 0.3) is 5.91 Å². The first-order chi connectivity index (χ1) is 9.41. The van der Waals surface area contributed by atoms with E-state index in [0.717, 1.165) is 0 Å². The summed E-state index contributed by atoms with van der Waals surface area (Å²) in [5, 5.41) is 8.99. The molecule has 0 aliphatic carbocycles. The molecule has 20 heavy (non-hydrogen) atoms. The summed E-state index contributed by atoms with van der Waals surface area (Å²) >= 11 is 0. The van der Waals surface area contributed by atoms with Crippen LogP contribution in [0.2, 0.25) is 0 Å². The van der Waals surface area contributed by atoms with E-state index >= 15 is 0 Å². The van der Waals surface area contributed by atoms with E-state index in [1.165, 1.54) is 4.90 Å². The topological polar surface area (TPSA) is 74.7 Å². The molecule has 0 aromatic heterocycles. The van der Waals surface area contributed by atoms with E-state index < -0.39 is 17.8 Å². The largest absolute Gasteiger partial charge is 0.481 e. The highest BCUT2D eigenvalue weighted by molar-refractivity contribution is 6.12. The second-order valence-electron chi connectivity index (χ2n) is 5.39. The summed E-state index contributed by atoms with van der Waals surface area (Å²) in [6, 6.07) is 6.74. The third-order valence-corrected chi connectivity index (χ3v) is 3.30. The fourth-order valence-corrected chi connectivity index (χ4v) is 2.47. The minimum Gasteiger partial charge on any atom is -0.481 e. The Kier molecular flexibility index (Phi) is 3.88. The second kappa shape index (κ2) is 5.45. The van der Waals surface area contributed by atoms with Crippen LogP contribution in [-0.2, 0) is 9.59 Å². The van der Waals surface area contributed by atoms with E-state index in [-0.39, 0.29) is 18.2 Å². The van der Waals surface area contributed by atoms with Crippen molar-refractivity contribution in [1.82, 2.24) is 4.90 Å². The second-order valence-corrected chi connectivity index (χ2v) is 5.39. The summed E-state index contributed by atoms with van der Waals surface area (Å²) in [6.07, 6.45) is -0.294. The minimum absolute atomic E-state index is 0.138. The van der Waals surface area contributed by atoms with E-state index in [2.05, 4.69) is 0 Å². The van der Waals surface area contributed by atoms with Crippen molar-refractivity contribution in [3.8, 4) is 0 Å². The van der Waals surface area contributed by atoms with Crippen LogP contribution in [0.1, 0.15) is 42.1 Å². The number of aliphatic carboxylic acids is 1. The number of carbonyl (C=O) groups excluding carboxylic acids is 2. The van der Waals surface area contributed by atoms with E-state index in [1.807, 2.05) is 13.8 Å². The number of nitrogens with zero attached hydrogens (tertiary/aromatic N) is 1. The van der Waals surface area contributed by atoms with Crippen molar-refractivity contribution in [2.24, 2.45) is 5.92 Å². The monoisotopic (exact) mass is 275 g/mol. The molecule has 1 heterocycles. The van der Waals surface area contributed by atoms with Crippen molar-refractivity contribution in [2.75, 3.05) is 6.54 Å². The number of hydrogen-bond acceptors (Lipinski definition) is 3. The summed E-state index contributed by atoms with van der Waals surface area (Å²) in [5.41, 5.74) is 0.948. The number of rotatable bonds is 4. The minimum atomic E-state index is -1.04. The van der Waals surface area contributed by atoms with Gasteiger partial charge in [-0.3, -0.25) is 19.3 Å². The Balaban J connectivity index is 2.46. The number of benzene rings is 1. The van der Waals surface area contributed by atoms with Gasteiger partial charge < -0.3 is 5.11 Å². The Morgan fingerprint density at radius 2 is 1.95 bits per heavy atom. The van der Waals surface area contributed by atoms with Crippen molar-refractivity contribution in [3.63, 3.8) is 0 Å². The Morgan fingerprint density at radius 1 is 1.30 bits per heavy atom. The first-order valence-corrected chi connectivity index (χ1v) is 6.58. The molecule has 2 amide bonds. The first-order valence-electron chi connectivity index (χ1n) is 6.58. The molecule has 0 saturated heterocycles. The van der Waals surface area contributed by atoms with E-state index in [0.29, 0.717) is 17.7 Å². The third kappa shape index (κ3) is 2.57. The molecule has 0 fully saturated rings. The predicted molar refractivity (Wildman–Crippen MR) is 72.3 cm³/mol. The third-order valence-electron chi connectivity index (χ3n) is 3.30. The molecule has 0 spiro atoms. The summed E-state index contributed by atoms with van der Waals surface area (Å²) in [5.74, 6) is -2.43. The molecule has 5 heteroatoms. The fraction of sp³-hybridized carbons (Fsp3) is 0.400. The number of carboxylic acids is 1. The van der Waals surface area contributed by atoms with Crippen LogP contribution in [0.25, 0.3) is 0 Å². The smallest absolute Gasteiger partial charge is 0.304 e. The average molecular weight is 275 g/mol. The zero-order valence-electron chi connectivity index (χ0n) is 11.5. The van der Waals surface area contributed by atoms with Gasteiger partial charge in [0.1, 0.15) is 0 Å². The lowest BCUT2D eigenvalue weighted by Crippen LogP contribution is -2.46. The molecule has 1 aromatic rings. The maximum Gasteiger partial charge on any atom is 0.304 e. The van der Waals surface area contributed by atoms with Crippen LogP contribution in [0.3, 0.4) is 0 Å². The summed E-state index contributed by atoms with van der Waals surface area (Å²) in [7, 11) is 0. The number of amides is 2. The van der Waals surface area contributed by atoms with Gasteiger partial charge in [0.05, 0.1) is 12.3 Å². The van der Waals surface area contributed by atoms with Gasteiger partial charge in [-0.1, -0.05) is 32.0 Å². The normalized spacial score (nSPS) is 18.4. The van der Waals surface area contributed by atoms with Gasteiger partial charge in [-0.05, 0) is 17.5 Å². The van der Waals surface area contributed by atoms with Gasteiger partial charge in [0.2, 0.25) is 5.91 Å². The Morgan fingerprint density at radius 3 is 2.55 bits per heavy atom. The van der Waals surface area contributed by atoms with Crippen LogP contribution in [0.15, 0.2) is 24.3 Å².